The van der Waals surface area contributed by atoms with Crippen LogP contribution in [0.3, 0.4) is 0 Å². The topological polar surface area (TPSA) is 99.7 Å². The van der Waals surface area contributed by atoms with Gasteiger partial charge in [0.1, 0.15) is 5.82 Å². The fourth-order valence-corrected chi connectivity index (χ4v) is 3.88. The number of anilines is 2. The van der Waals surface area contributed by atoms with Crippen molar-refractivity contribution in [3.63, 3.8) is 0 Å². The molecule has 3 rings (SSSR count). The molecule has 9 heteroatoms. The first-order chi connectivity index (χ1) is 13.2. The fourth-order valence-electron chi connectivity index (χ4n) is 2.98. The molecule has 0 spiro atoms. The third-order valence-electron chi connectivity index (χ3n) is 4.67. The number of hydrogen-bond donors (Lipinski definition) is 1. The van der Waals surface area contributed by atoms with E-state index in [0.717, 1.165) is 9.87 Å². The molecule has 0 saturated carbocycles. The van der Waals surface area contributed by atoms with E-state index in [1.807, 2.05) is 13.0 Å². The monoisotopic (exact) mass is 402 g/mol. The molecule has 1 saturated heterocycles. The molecule has 2 amide bonds. The Morgan fingerprint density at radius 2 is 1.89 bits per heavy atom. The van der Waals surface area contributed by atoms with Crippen LogP contribution in [0.15, 0.2) is 47.5 Å². The molecular weight excluding hydrogens is 380 g/mol. The first-order valence-electron chi connectivity index (χ1n) is 8.75. The number of hydrogen-bond acceptors (Lipinski definition) is 5. The Hall–Kier alpha value is -2.78. The van der Waals surface area contributed by atoms with E-state index < -0.39 is 15.9 Å². The van der Waals surface area contributed by atoms with Gasteiger partial charge >= 0.3 is 0 Å². The zero-order chi connectivity index (χ0) is 20.5. The molecule has 1 aliphatic rings. The van der Waals surface area contributed by atoms with E-state index in [4.69, 9.17) is 0 Å². The highest BCUT2D eigenvalue weighted by atomic mass is 32.2. The number of benzene rings is 1. The van der Waals surface area contributed by atoms with Crippen molar-refractivity contribution in [2.75, 3.05) is 30.9 Å². The molecule has 1 atom stereocenters. The first kappa shape index (κ1) is 20.0. The number of carbonyl (C=O) groups is 2. The smallest absolute Gasteiger partial charge is 0.242 e. The number of amides is 2. The van der Waals surface area contributed by atoms with Gasteiger partial charge in [0.25, 0.3) is 0 Å². The van der Waals surface area contributed by atoms with Crippen LogP contribution in [0.1, 0.15) is 12.0 Å². The van der Waals surface area contributed by atoms with Crippen molar-refractivity contribution >= 4 is 33.3 Å². The largest absolute Gasteiger partial charge is 0.312 e. The SMILES string of the molecule is Cc1cccnc1NC(=O)[C@H]1CC(=O)N(c2ccc(S(=O)(=O)N(C)C)cc2)C1. The molecule has 1 aliphatic heterocycles. The van der Waals surface area contributed by atoms with E-state index in [1.165, 1.54) is 31.1 Å². The van der Waals surface area contributed by atoms with Crippen molar-refractivity contribution in [3.8, 4) is 0 Å². The first-order valence-corrected chi connectivity index (χ1v) is 10.2. The van der Waals surface area contributed by atoms with Crippen molar-refractivity contribution in [2.24, 2.45) is 5.92 Å². The van der Waals surface area contributed by atoms with Crippen molar-refractivity contribution in [2.45, 2.75) is 18.2 Å². The Morgan fingerprint density at radius 1 is 1.21 bits per heavy atom. The summed E-state index contributed by atoms with van der Waals surface area (Å²) in [6.07, 6.45) is 1.69. The van der Waals surface area contributed by atoms with Gasteiger partial charge in [0, 0.05) is 38.9 Å². The average molecular weight is 402 g/mol. The van der Waals surface area contributed by atoms with Gasteiger partial charge in [0.15, 0.2) is 0 Å². The second-order valence-corrected chi connectivity index (χ2v) is 9.00. The van der Waals surface area contributed by atoms with Crippen LogP contribution >= 0.6 is 0 Å². The molecule has 1 N–H and O–H groups in total. The Morgan fingerprint density at radius 3 is 2.50 bits per heavy atom. The van der Waals surface area contributed by atoms with E-state index in [2.05, 4.69) is 10.3 Å². The van der Waals surface area contributed by atoms with E-state index in [1.54, 1.807) is 24.4 Å². The summed E-state index contributed by atoms with van der Waals surface area (Å²) in [6.45, 7) is 2.08. The van der Waals surface area contributed by atoms with Crippen LogP contribution in [0.5, 0.6) is 0 Å². The van der Waals surface area contributed by atoms with Crippen LogP contribution in [0.4, 0.5) is 11.5 Å². The molecule has 148 valence electrons. The van der Waals surface area contributed by atoms with Crippen LogP contribution in [0.2, 0.25) is 0 Å². The zero-order valence-corrected chi connectivity index (χ0v) is 16.7. The Balaban J connectivity index is 1.72. The maximum atomic E-state index is 12.5. The number of aryl methyl sites for hydroxylation is 1. The quantitative estimate of drug-likeness (QED) is 0.819. The van der Waals surface area contributed by atoms with Gasteiger partial charge in [-0.25, -0.2) is 17.7 Å². The number of pyridine rings is 1. The van der Waals surface area contributed by atoms with Crippen molar-refractivity contribution in [3.05, 3.63) is 48.2 Å². The molecule has 1 aromatic carbocycles. The lowest BCUT2D eigenvalue weighted by Gasteiger charge is -2.18. The summed E-state index contributed by atoms with van der Waals surface area (Å²) in [5, 5.41) is 2.77. The summed E-state index contributed by atoms with van der Waals surface area (Å²) >= 11 is 0. The maximum Gasteiger partial charge on any atom is 0.242 e. The highest BCUT2D eigenvalue weighted by molar-refractivity contribution is 7.89. The molecule has 0 aliphatic carbocycles. The summed E-state index contributed by atoms with van der Waals surface area (Å²) in [7, 11) is -0.619. The number of nitrogens with zero attached hydrogens (tertiary/aromatic N) is 3. The number of carbonyl (C=O) groups excluding carboxylic acids is 2. The lowest BCUT2D eigenvalue weighted by molar-refractivity contribution is -0.122. The standard InChI is InChI=1S/C19H22N4O4S/c1-13-5-4-10-20-18(13)21-19(25)14-11-17(24)23(12-14)15-6-8-16(9-7-15)28(26,27)22(2)3/h4-10,14H,11-12H2,1-3H3,(H,20,21,25)/t14-/m0/s1. The summed E-state index contributed by atoms with van der Waals surface area (Å²) in [4.78, 5) is 30.7. The molecule has 0 bridgehead atoms. The Kier molecular flexibility index (Phi) is 5.48. The second kappa shape index (κ2) is 7.69. The van der Waals surface area contributed by atoms with Crippen LogP contribution in [-0.4, -0.2) is 50.2 Å². The van der Waals surface area contributed by atoms with E-state index in [-0.39, 0.29) is 29.7 Å². The average Bonchev–Trinajstić information content (AvgIpc) is 3.05. The van der Waals surface area contributed by atoms with Gasteiger partial charge in [-0.1, -0.05) is 6.07 Å². The predicted molar refractivity (Wildman–Crippen MR) is 105 cm³/mol. The maximum absolute atomic E-state index is 12.5. The third-order valence-corrected chi connectivity index (χ3v) is 6.50. The minimum Gasteiger partial charge on any atom is -0.312 e. The summed E-state index contributed by atoms with van der Waals surface area (Å²) in [6, 6.07) is 9.71. The summed E-state index contributed by atoms with van der Waals surface area (Å²) in [5.74, 6) is -0.457. The zero-order valence-electron chi connectivity index (χ0n) is 15.9. The van der Waals surface area contributed by atoms with Crippen molar-refractivity contribution < 1.29 is 18.0 Å². The molecule has 28 heavy (non-hydrogen) atoms. The lowest BCUT2D eigenvalue weighted by Crippen LogP contribution is -2.28. The molecule has 0 radical (unpaired) electrons. The summed E-state index contributed by atoms with van der Waals surface area (Å²) in [5.41, 5.74) is 1.40. The lowest BCUT2D eigenvalue weighted by atomic mass is 10.1. The van der Waals surface area contributed by atoms with Gasteiger partial charge in [0.2, 0.25) is 21.8 Å². The van der Waals surface area contributed by atoms with E-state index >= 15 is 0 Å². The number of sulfonamides is 1. The van der Waals surface area contributed by atoms with Crippen molar-refractivity contribution in [1.82, 2.24) is 9.29 Å². The van der Waals surface area contributed by atoms with Gasteiger partial charge < -0.3 is 10.2 Å². The molecule has 2 aromatic rings. The van der Waals surface area contributed by atoms with Gasteiger partial charge in [0.05, 0.1) is 10.8 Å². The highest BCUT2D eigenvalue weighted by Crippen LogP contribution is 2.27. The van der Waals surface area contributed by atoms with E-state index in [0.29, 0.717) is 11.5 Å². The molecule has 1 fully saturated rings. The normalized spacial score (nSPS) is 17.2. The molecule has 0 unspecified atom stereocenters. The van der Waals surface area contributed by atoms with Crippen LogP contribution < -0.4 is 10.2 Å². The van der Waals surface area contributed by atoms with Gasteiger partial charge in [-0.3, -0.25) is 9.59 Å². The van der Waals surface area contributed by atoms with Crippen LogP contribution in [0.25, 0.3) is 0 Å². The van der Waals surface area contributed by atoms with Crippen LogP contribution in [0, 0.1) is 12.8 Å². The van der Waals surface area contributed by atoms with Gasteiger partial charge in [-0.05, 0) is 42.8 Å². The van der Waals surface area contributed by atoms with Gasteiger partial charge in [-0.15, -0.1) is 0 Å². The third kappa shape index (κ3) is 3.90. The molecule has 1 aromatic heterocycles. The van der Waals surface area contributed by atoms with Crippen molar-refractivity contribution in [1.29, 1.82) is 0 Å². The number of aromatic nitrogens is 1. The molecule has 2 heterocycles. The number of nitrogens with one attached hydrogen (secondary N) is 1. The highest BCUT2D eigenvalue weighted by Gasteiger charge is 2.35. The number of rotatable bonds is 5. The van der Waals surface area contributed by atoms with Crippen LogP contribution in [-0.2, 0) is 19.6 Å². The Labute approximate surface area is 164 Å². The minimum atomic E-state index is -3.53. The predicted octanol–water partition coefficient (Wildman–Crippen LogP) is 1.63. The molecule has 8 nitrogen and oxygen atoms in total. The minimum absolute atomic E-state index is 0.0927. The van der Waals surface area contributed by atoms with Gasteiger partial charge in [-0.2, -0.15) is 0 Å². The molecular formula is C19H22N4O4S. The second-order valence-electron chi connectivity index (χ2n) is 6.84. The fraction of sp³-hybridized carbons (Fsp3) is 0.316. The van der Waals surface area contributed by atoms with E-state index in [9.17, 15) is 18.0 Å². The summed E-state index contributed by atoms with van der Waals surface area (Å²) < 4.78 is 25.4. The Bertz CT molecular complexity index is 1000.